The number of methoxy groups -OCH3 is 1. The highest BCUT2D eigenvalue weighted by molar-refractivity contribution is 5.96. The van der Waals surface area contributed by atoms with Crippen LogP contribution in [0.25, 0.3) is 0 Å². The molecular weight excluding hydrogens is 253 g/mol. The molecular formula is C10H11F3N2O3. The Morgan fingerprint density at radius 2 is 2.00 bits per heavy atom. The molecule has 0 amide bonds. The maximum Gasteiger partial charge on any atom is 0.411 e. The van der Waals surface area contributed by atoms with Gasteiger partial charge in [-0.05, 0) is 0 Å². The summed E-state index contributed by atoms with van der Waals surface area (Å²) in [6, 6.07) is 0. The number of alkyl halides is 3. The van der Waals surface area contributed by atoms with E-state index in [9.17, 15) is 18.0 Å². The van der Waals surface area contributed by atoms with Crippen LogP contribution in [0, 0.1) is 0 Å². The molecule has 18 heavy (non-hydrogen) atoms. The molecule has 1 heterocycles. The Hall–Kier alpha value is -1.70. The summed E-state index contributed by atoms with van der Waals surface area (Å²) >= 11 is 0. The van der Waals surface area contributed by atoms with Gasteiger partial charge in [-0.3, -0.25) is 4.79 Å². The summed E-state index contributed by atoms with van der Waals surface area (Å²) in [6.45, 7) is -1.71. The third kappa shape index (κ3) is 4.66. The summed E-state index contributed by atoms with van der Waals surface area (Å²) in [5.74, 6) is -0.444. The molecule has 0 radical (unpaired) electrons. The van der Waals surface area contributed by atoms with Gasteiger partial charge in [0.15, 0.2) is 11.5 Å². The van der Waals surface area contributed by atoms with E-state index in [0.29, 0.717) is 0 Å². The minimum absolute atomic E-state index is 0.0180. The molecule has 1 aromatic heterocycles. The van der Waals surface area contributed by atoms with Crippen molar-refractivity contribution in [3.8, 4) is 5.88 Å². The van der Waals surface area contributed by atoms with E-state index in [1.165, 1.54) is 19.5 Å². The van der Waals surface area contributed by atoms with Gasteiger partial charge in [0.05, 0.1) is 13.7 Å². The minimum atomic E-state index is -4.40. The van der Waals surface area contributed by atoms with Crippen molar-refractivity contribution >= 4 is 5.78 Å². The normalized spacial score (nSPS) is 11.3. The fraction of sp³-hybridized carbons (Fsp3) is 0.500. The molecule has 1 rings (SSSR count). The number of rotatable bonds is 6. The second-order valence-corrected chi connectivity index (χ2v) is 3.26. The first kappa shape index (κ1) is 14.4. The molecule has 1 aromatic rings. The lowest BCUT2D eigenvalue weighted by Gasteiger charge is -2.07. The van der Waals surface area contributed by atoms with E-state index in [1.54, 1.807) is 0 Å². The zero-order valence-electron chi connectivity index (χ0n) is 9.53. The Labute approximate surface area is 101 Å². The highest BCUT2D eigenvalue weighted by Crippen LogP contribution is 2.15. The summed E-state index contributed by atoms with van der Waals surface area (Å²) in [4.78, 5) is 19.1. The zero-order chi connectivity index (χ0) is 13.6. The molecule has 100 valence electrons. The Kier molecular flexibility index (Phi) is 5.02. The Balaban J connectivity index is 2.46. The molecule has 0 aliphatic heterocycles. The molecule has 0 aromatic carbocycles. The first-order chi connectivity index (χ1) is 8.44. The third-order valence-corrected chi connectivity index (χ3v) is 1.86. The van der Waals surface area contributed by atoms with Gasteiger partial charge in [-0.2, -0.15) is 13.2 Å². The second-order valence-electron chi connectivity index (χ2n) is 3.26. The van der Waals surface area contributed by atoms with E-state index < -0.39 is 18.6 Å². The molecule has 5 nitrogen and oxygen atoms in total. The van der Waals surface area contributed by atoms with Crippen LogP contribution in [-0.2, 0) is 4.74 Å². The molecule has 0 N–H and O–H groups in total. The summed E-state index contributed by atoms with van der Waals surface area (Å²) in [7, 11) is 1.32. The van der Waals surface area contributed by atoms with Gasteiger partial charge < -0.3 is 9.47 Å². The molecule has 0 bridgehead atoms. The van der Waals surface area contributed by atoms with E-state index >= 15 is 0 Å². The standard InChI is InChI=1S/C10H11F3N2O3/c1-17-9-8(14-3-4-15-9)7(16)2-5-18-6-10(11,12)13/h3-4H,2,5-6H2,1H3. The van der Waals surface area contributed by atoms with Crippen LogP contribution in [0.3, 0.4) is 0 Å². The molecule has 0 atom stereocenters. The molecule has 0 saturated heterocycles. The summed E-state index contributed by atoms with van der Waals surface area (Å²) in [5.41, 5.74) is -0.0180. The van der Waals surface area contributed by atoms with Crippen LogP contribution < -0.4 is 4.74 Å². The minimum Gasteiger partial charge on any atom is -0.479 e. The predicted molar refractivity (Wildman–Crippen MR) is 54.4 cm³/mol. The maximum atomic E-state index is 11.8. The van der Waals surface area contributed by atoms with Gasteiger partial charge >= 0.3 is 6.18 Å². The van der Waals surface area contributed by atoms with Crippen LogP contribution in [-0.4, -0.2) is 42.3 Å². The highest BCUT2D eigenvalue weighted by atomic mass is 19.4. The van der Waals surface area contributed by atoms with E-state index in [0.717, 1.165) is 0 Å². The maximum absolute atomic E-state index is 11.8. The SMILES string of the molecule is COc1nccnc1C(=O)CCOCC(F)(F)F. The quantitative estimate of drug-likeness (QED) is 0.577. The van der Waals surface area contributed by atoms with Crippen LogP contribution >= 0.6 is 0 Å². The van der Waals surface area contributed by atoms with Crippen molar-refractivity contribution in [2.75, 3.05) is 20.3 Å². The van der Waals surface area contributed by atoms with Crippen molar-refractivity contribution in [2.24, 2.45) is 0 Å². The second kappa shape index (κ2) is 6.29. The van der Waals surface area contributed by atoms with Crippen LogP contribution in [0.4, 0.5) is 13.2 Å². The van der Waals surface area contributed by atoms with E-state index in [1.807, 2.05) is 0 Å². The molecule has 0 unspecified atom stereocenters. The lowest BCUT2D eigenvalue weighted by Crippen LogP contribution is -2.18. The molecule has 0 saturated carbocycles. The smallest absolute Gasteiger partial charge is 0.411 e. The monoisotopic (exact) mass is 264 g/mol. The average Bonchev–Trinajstić information content (AvgIpc) is 2.33. The van der Waals surface area contributed by atoms with Gasteiger partial charge in [0.2, 0.25) is 5.88 Å². The number of nitrogens with zero attached hydrogens (tertiary/aromatic N) is 2. The first-order valence-electron chi connectivity index (χ1n) is 4.96. The van der Waals surface area contributed by atoms with Gasteiger partial charge in [-0.1, -0.05) is 0 Å². The summed E-state index contributed by atoms with van der Waals surface area (Å²) < 4.78 is 44.4. The number of hydrogen-bond donors (Lipinski definition) is 0. The van der Waals surface area contributed by atoms with Gasteiger partial charge in [0, 0.05) is 18.8 Å². The largest absolute Gasteiger partial charge is 0.479 e. The van der Waals surface area contributed by atoms with Crippen molar-refractivity contribution in [3.05, 3.63) is 18.1 Å². The molecule has 0 aliphatic rings. The average molecular weight is 264 g/mol. The fourth-order valence-electron chi connectivity index (χ4n) is 1.14. The van der Waals surface area contributed by atoms with Gasteiger partial charge in [0.1, 0.15) is 6.61 Å². The van der Waals surface area contributed by atoms with Crippen molar-refractivity contribution < 1.29 is 27.4 Å². The number of carbonyl (C=O) groups is 1. The van der Waals surface area contributed by atoms with Crippen LogP contribution in [0.1, 0.15) is 16.9 Å². The van der Waals surface area contributed by atoms with E-state index in [4.69, 9.17) is 4.74 Å². The molecule has 0 fully saturated rings. The molecule has 0 aliphatic carbocycles. The lowest BCUT2D eigenvalue weighted by atomic mass is 10.2. The van der Waals surface area contributed by atoms with E-state index in [2.05, 4.69) is 14.7 Å². The van der Waals surface area contributed by atoms with Gasteiger partial charge in [-0.25, -0.2) is 9.97 Å². The number of carbonyl (C=O) groups excluding carboxylic acids is 1. The summed E-state index contributed by atoms with van der Waals surface area (Å²) in [6.07, 6.45) is -1.97. The number of aromatic nitrogens is 2. The number of ketones is 1. The van der Waals surface area contributed by atoms with Crippen LogP contribution in [0.5, 0.6) is 5.88 Å². The highest BCUT2D eigenvalue weighted by Gasteiger charge is 2.27. The molecule has 8 heteroatoms. The van der Waals surface area contributed by atoms with Crippen LogP contribution in [0.2, 0.25) is 0 Å². The first-order valence-corrected chi connectivity index (χ1v) is 4.96. The number of halogens is 3. The zero-order valence-corrected chi connectivity index (χ0v) is 9.53. The molecule has 0 spiro atoms. The third-order valence-electron chi connectivity index (χ3n) is 1.86. The number of Topliss-reactive ketones (excluding diaryl/α,β-unsaturated/α-hetero) is 1. The van der Waals surface area contributed by atoms with Crippen molar-refractivity contribution in [2.45, 2.75) is 12.6 Å². The Bertz CT molecular complexity index is 410. The van der Waals surface area contributed by atoms with Gasteiger partial charge in [-0.15, -0.1) is 0 Å². The lowest BCUT2D eigenvalue weighted by molar-refractivity contribution is -0.173. The number of ether oxygens (including phenoxy) is 2. The van der Waals surface area contributed by atoms with Crippen LogP contribution in [0.15, 0.2) is 12.4 Å². The number of hydrogen-bond acceptors (Lipinski definition) is 5. The topological polar surface area (TPSA) is 61.3 Å². The van der Waals surface area contributed by atoms with Crippen molar-refractivity contribution in [1.82, 2.24) is 9.97 Å². The van der Waals surface area contributed by atoms with Crippen molar-refractivity contribution in [1.29, 1.82) is 0 Å². The van der Waals surface area contributed by atoms with Gasteiger partial charge in [0.25, 0.3) is 0 Å². The summed E-state index contributed by atoms with van der Waals surface area (Å²) in [5, 5.41) is 0. The predicted octanol–water partition coefficient (Wildman–Crippen LogP) is 1.64. The Morgan fingerprint density at radius 3 is 2.61 bits per heavy atom. The Morgan fingerprint density at radius 1 is 1.33 bits per heavy atom. The van der Waals surface area contributed by atoms with E-state index in [-0.39, 0.29) is 24.6 Å². The fourth-order valence-corrected chi connectivity index (χ4v) is 1.14. The van der Waals surface area contributed by atoms with Crippen molar-refractivity contribution in [3.63, 3.8) is 0 Å².